The molecule has 1 atom stereocenters. The fourth-order valence-corrected chi connectivity index (χ4v) is 4.99. The maximum Gasteiger partial charge on any atom is 0.151 e. The van der Waals surface area contributed by atoms with E-state index < -0.39 is 9.84 Å². The third-order valence-corrected chi connectivity index (χ3v) is 6.29. The molecule has 1 heterocycles. The first-order valence-corrected chi connectivity index (χ1v) is 9.66. The van der Waals surface area contributed by atoms with E-state index in [0.29, 0.717) is 11.5 Å². The van der Waals surface area contributed by atoms with Gasteiger partial charge in [0.15, 0.2) is 9.84 Å². The predicted octanol–water partition coefficient (Wildman–Crippen LogP) is 2.42. The zero-order chi connectivity index (χ0) is 13.9. The van der Waals surface area contributed by atoms with Gasteiger partial charge in [-0.05, 0) is 30.9 Å². The van der Waals surface area contributed by atoms with Crippen molar-refractivity contribution in [3.05, 3.63) is 29.8 Å². The minimum absolute atomic E-state index is 0.185. The Labute approximate surface area is 120 Å². The van der Waals surface area contributed by atoms with Gasteiger partial charge < -0.3 is 0 Å². The summed E-state index contributed by atoms with van der Waals surface area (Å²) in [5.74, 6) is 0.667. The van der Waals surface area contributed by atoms with Crippen molar-refractivity contribution in [2.24, 2.45) is 0 Å². The lowest BCUT2D eigenvalue weighted by molar-refractivity contribution is 0.213. The first kappa shape index (κ1) is 14.9. The van der Waals surface area contributed by atoms with E-state index in [9.17, 15) is 8.42 Å². The highest BCUT2D eigenvalue weighted by atomic mass is 32.2. The monoisotopic (exact) mass is 299 g/mol. The highest BCUT2D eigenvalue weighted by Gasteiger charge is 2.31. The molecule has 0 aromatic heterocycles. The van der Waals surface area contributed by atoms with E-state index in [2.05, 4.69) is 30.2 Å². The van der Waals surface area contributed by atoms with Gasteiger partial charge in [0.05, 0.1) is 11.5 Å². The number of hydrogen-bond donors (Lipinski definition) is 0. The van der Waals surface area contributed by atoms with Crippen LogP contribution in [0.1, 0.15) is 18.9 Å². The van der Waals surface area contributed by atoms with Crippen LogP contribution in [-0.4, -0.2) is 43.7 Å². The van der Waals surface area contributed by atoms with Gasteiger partial charge in [-0.15, -0.1) is 11.8 Å². The van der Waals surface area contributed by atoms with Crippen LogP contribution in [0.2, 0.25) is 0 Å². The minimum Gasteiger partial charge on any atom is -0.295 e. The molecule has 1 aliphatic heterocycles. The molecule has 0 spiro atoms. The van der Waals surface area contributed by atoms with Crippen LogP contribution < -0.4 is 0 Å². The highest BCUT2D eigenvalue weighted by Crippen LogP contribution is 2.24. The van der Waals surface area contributed by atoms with E-state index in [4.69, 9.17) is 0 Å². The fraction of sp³-hybridized carbons (Fsp3) is 0.571. The summed E-state index contributed by atoms with van der Waals surface area (Å²) in [6.45, 7) is 3.84. The Morgan fingerprint density at radius 2 is 2.11 bits per heavy atom. The van der Waals surface area contributed by atoms with Gasteiger partial charge in [-0.25, -0.2) is 8.42 Å². The van der Waals surface area contributed by atoms with Gasteiger partial charge in [0.2, 0.25) is 0 Å². The molecule has 5 heteroatoms. The van der Waals surface area contributed by atoms with E-state index in [1.807, 2.05) is 12.1 Å². The maximum atomic E-state index is 11.6. The van der Waals surface area contributed by atoms with Crippen LogP contribution in [0.4, 0.5) is 0 Å². The number of benzene rings is 1. The Hall–Kier alpha value is -0.520. The van der Waals surface area contributed by atoms with E-state index in [0.717, 1.165) is 19.5 Å². The zero-order valence-corrected chi connectivity index (χ0v) is 13.1. The summed E-state index contributed by atoms with van der Waals surface area (Å²) in [4.78, 5) is 3.57. The number of sulfone groups is 1. The second-order valence-electron chi connectivity index (χ2n) is 4.93. The summed E-state index contributed by atoms with van der Waals surface area (Å²) >= 11 is 1.75. The van der Waals surface area contributed by atoms with Crippen molar-refractivity contribution in [2.75, 3.05) is 24.3 Å². The lowest BCUT2D eigenvalue weighted by Gasteiger charge is -2.27. The van der Waals surface area contributed by atoms with Gasteiger partial charge in [0, 0.05) is 17.5 Å². The standard InChI is InChI=1S/C14H21NO2S2/c1-3-15(13-8-9-19(16,17)11-13)10-12-6-4-5-7-14(12)18-2/h4-7,13H,3,8-11H2,1-2H3/t13-/m0/s1. The number of hydrogen-bond acceptors (Lipinski definition) is 4. The van der Waals surface area contributed by atoms with Crippen LogP contribution in [0.15, 0.2) is 29.2 Å². The quantitative estimate of drug-likeness (QED) is 0.783. The van der Waals surface area contributed by atoms with Gasteiger partial charge >= 0.3 is 0 Å². The van der Waals surface area contributed by atoms with Gasteiger partial charge in [0.1, 0.15) is 0 Å². The molecule has 1 aromatic rings. The average Bonchev–Trinajstić information content (AvgIpc) is 2.76. The van der Waals surface area contributed by atoms with Crippen molar-refractivity contribution in [3.8, 4) is 0 Å². The number of thioether (sulfide) groups is 1. The Balaban J connectivity index is 2.11. The number of nitrogens with zero attached hydrogens (tertiary/aromatic N) is 1. The van der Waals surface area contributed by atoms with E-state index in [-0.39, 0.29) is 6.04 Å². The Morgan fingerprint density at radius 3 is 2.68 bits per heavy atom. The number of rotatable bonds is 5. The molecule has 0 N–H and O–H groups in total. The molecule has 3 nitrogen and oxygen atoms in total. The van der Waals surface area contributed by atoms with Crippen LogP contribution in [0, 0.1) is 0 Å². The molecule has 0 amide bonds. The lowest BCUT2D eigenvalue weighted by atomic mass is 10.1. The smallest absolute Gasteiger partial charge is 0.151 e. The van der Waals surface area contributed by atoms with Gasteiger partial charge in [-0.3, -0.25) is 4.90 Å². The van der Waals surface area contributed by atoms with Gasteiger partial charge in [-0.2, -0.15) is 0 Å². The summed E-state index contributed by atoms with van der Waals surface area (Å²) in [5, 5.41) is 0. The average molecular weight is 299 g/mol. The van der Waals surface area contributed by atoms with Crippen molar-refractivity contribution in [1.82, 2.24) is 4.90 Å². The molecule has 0 radical (unpaired) electrons. The third kappa shape index (κ3) is 3.74. The van der Waals surface area contributed by atoms with Crippen LogP contribution in [0.5, 0.6) is 0 Å². The van der Waals surface area contributed by atoms with E-state index >= 15 is 0 Å². The summed E-state index contributed by atoms with van der Waals surface area (Å²) < 4.78 is 23.2. The molecule has 1 fully saturated rings. The first-order chi connectivity index (χ1) is 9.05. The molecule has 0 saturated carbocycles. The lowest BCUT2D eigenvalue weighted by Crippen LogP contribution is -2.35. The molecule has 0 unspecified atom stereocenters. The molecule has 1 saturated heterocycles. The molecular weight excluding hydrogens is 278 g/mol. The molecule has 1 aromatic carbocycles. The predicted molar refractivity (Wildman–Crippen MR) is 81.4 cm³/mol. The summed E-state index contributed by atoms with van der Waals surface area (Å²) in [6.07, 6.45) is 2.85. The topological polar surface area (TPSA) is 37.4 Å². The second kappa shape index (κ2) is 6.29. The summed E-state index contributed by atoms with van der Waals surface area (Å²) in [6, 6.07) is 8.54. The Morgan fingerprint density at radius 1 is 1.37 bits per heavy atom. The van der Waals surface area contributed by atoms with Gasteiger partial charge in [-0.1, -0.05) is 25.1 Å². The maximum absolute atomic E-state index is 11.6. The summed E-state index contributed by atoms with van der Waals surface area (Å²) in [7, 11) is -2.81. The molecule has 2 rings (SSSR count). The molecule has 0 aliphatic carbocycles. The zero-order valence-electron chi connectivity index (χ0n) is 11.5. The summed E-state index contributed by atoms with van der Waals surface area (Å²) in [5.41, 5.74) is 1.29. The largest absolute Gasteiger partial charge is 0.295 e. The Bertz CT molecular complexity index is 528. The molecule has 106 valence electrons. The van der Waals surface area contributed by atoms with Crippen molar-refractivity contribution in [3.63, 3.8) is 0 Å². The van der Waals surface area contributed by atoms with Crippen LogP contribution in [0.25, 0.3) is 0 Å². The highest BCUT2D eigenvalue weighted by molar-refractivity contribution is 7.98. The van der Waals surface area contributed by atoms with Crippen molar-refractivity contribution < 1.29 is 8.42 Å². The van der Waals surface area contributed by atoms with Crippen LogP contribution in [-0.2, 0) is 16.4 Å². The first-order valence-electron chi connectivity index (χ1n) is 6.62. The van der Waals surface area contributed by atoms with Crippen molar-refractivity contribution in [2.45, 2.75) is 30.8 Å². The molecule has 1 aliphatic rings. The normalized spacial score (nSPS) is 21.9. The van der Waals surface area contributed by atoms with Gasteiger partial charge in [0.25, 0.3) is 0 Å². The second-order valence-corrected chi connectivity index (χ2v) is 8.01. The third-order valence-electron chi connectivity index (χ3n) is 3.70. The SMILES string of the molecule is CCN(Cc1ccccc1SC)[C@H]1CCS(=O)(=O)C1. The van der Waals surface area contributed by atoms with Crippen molar-refractivity contribution >= 4 is 21.6 Å². The van der Waals surface area contributed by atoms with E-state index in [1.54, 1.807) is 11.8 Å². The molecule has 0 bridgehead atoms. The molecular formula is C14H21NO2S2. The van der Waals surface area contributed by atoms with Crippen molar-refractivity contribution in [1.29, 1.82) is 0 Å². The fourth-order valence-electron chi connectivity index (χ4n) is 2.61. The van der Waals surface area contributed by atoms with Crippen LogP contribution >= 0.6 is 11.8 Å². The Kier molecular flexibility index (Phi) is 4.92. The van der Waals surface area contributed by atoms with E-state index in [1.165, 1.54) is 10.5 Å². The molecule has 19 heavy (non-hydrogen) atoms. The van der Waals surface area contributed by atoms with Crippen LogP contribution in [0.3, 0.4) is 0 Å². The minimum atomic E-state index is -2.81.